The second kappa shape index (κ2) is 13.6. The Labute approximate surface area is 330 Å². The second-order valence-corrected chi connectivity index (χ2v) is 17.6. The first-order valence-electron chi connectivity index (χ1n) is 19.5. The number of rotatable bonds is 5. The smallest absolute Gasteiger partial charge is 0.231 e. The van der Waals surface area contributed by atoms with Gasteiger partial charge < -0.3 is 9.52 Å². The third-order valence-electron chi connectivity index (χ3n) is 11.2. The topological polar surface area (TPSA) is 59.2 Å². The Balaban J connectivity index is 1.35. The number of benzene rings is 6. The van der Waals surface area contributed by atoms with Crippen molar-refractivity contribution in [3.05, 3.63) is 149 Å². The fourth-order valence-corrected chi connectivity index (χ4v) is 8.11. The van der Waals surface area contributed by atoms with Crippen LogP contribution >= 0.6 is 0 Å². The standard InChI is InChI=1S/C52H50N2O2/c1-30-22-32(3)47(33(4)23-30)38-26-41-31(2)20-21-53-48(41)42(27-38)35-12-11-13-36(24-35)43-25-37(34-14-16-39(17-15-34)51(5,6)7)28-46-49(43)54-50(56-46)44-29-40(52(8,9)10)18-19-45(44)55/h11-29,55H,1-10H3. The molecule has 1 N–H and O–H groups in total. The van der Waals surface area contributed by atoms with E-state index in [0.717, 1.165) is 55.4 Å². The van der Waals surface area contributed by atoms with Crippen LogP contribution in [0, 0.1) is 27.7 Å². The number of phenols is 1. The summed E-state index contributed by atoms with van der Waals surface area (Å²) in [6, 6.07) is 38.8. The first kappa shape index (κ1) is 36.9. The van der Waals surface area contributed by atoms with E-state index in [2.05, 4.69) is 160 Å². The third-order valence-corrected chi connectivity index (χ3v) is 11.2. The van der Waals surface area contributed by atoms with E-state index in [1.165, 1.54) is 38.9 Å². The Morgan fingerprint density at radius 3 is 1.80 bits per heavy atom. The molecule has 0 aliphatic rings. The summed E-state index contributed by atoms with van der Waals surface area (Å²) in [5.41, 5.74) is 18.9. The van der Waals surface area contributed by atoms with Crippen molar-refractivity contribution < 1.29 is 9.52 Å². The number of aryl methyl sites for hydroxylation is 4. The van der Waals surface area contributed by atoms with Gasteiger partial charge in [0.15, 0.2) is 5.58 Å². The van der Waals surface area contributed by atoms with Crippen molar-refractivity contribution in [3.63, 3.8) is 0 Å². The maximum Gasteiger partial charge on any atom is 0.231 e. The third kappa shape index (κ3) is 6.79. The fraction of sp³-hybridized carbons (Fsp3) is 0.231. The monoisotopic (exact) mass is 734 g/mol. The highest BCUT2D eigenvalue weighted by molar-refractivity contribution is 6.01. The summed E-state index contributed by atoms with van der Waals surface area (Å²) >= 11 is 0. The lowest BCUT2D eigenvalue weighted by molar-refractivity contribution is 0.473. The highest BCUT2D eigenvalue weighted by Crippen LogP contribution is 2.42. The molecule has 8 rings (SSSR count). The molecule has 0 aliphatic heterocycles. The van der Waals surface area contributed by atoms with Crippen molar-refractivity contribution in [2.24, 2.45) is 0 Å². The summed E-state index contributed by atoms with van der Waals surface area (Å²) in [6.45, 7) is 21.9. The summed E-state index contributed by atoms with van der Waals surface area (Å²) in [5.74, 6) is 0.531. The predicted molar refractivity (Wildman–Crippen MR) is 235 cm³/mol. The van der Waals surface area contributed by atoms with Gasteiger partial charge in [-0.3, -0.25) is 4.98 Å². The van der Waals surface area contributed by atoms with Crippen LogP contribution in [0.2, 0.25) is 0 Å². The number of oxazole rings is 1. The maximum atomic E-state index is 11.1. The lowest BCUT2D eigenvalue weighted by atomic mass is 9.86. The van der Waals surface area contributed by atoms with Gasteiger partial charge in [-0.1, -0.05) is 108 Å². The lowest BCUT2D eigenvalue weighted by Crippen LogP contribution is -2.10. The molecule has 0 amide bonds. The van der Waals surface area contributed by atoms with E-state index >= 15 is 0 Å². The molecule has 0 atom stereocenters. The molecular formula is C52H50N2O2. The van der Waals surface area contributed by atoms with Crippen LogP contribution in [-0.2, 0) is 10.8 Å². The van der Waals surface area contributed by atoms with Crippen LogP contribution < -0.4 is 0 Å². The normalized spacial score (nSPS) is 12.2. The Kier molecular flexibility index (Phi) is 9.00. The molecule has 0 radical (unpaired) electrons. The minimum absolute atomic E-state index is 0.0449. The van der Waals surface area contributed by atoms with Crippen molar-refractivity contribution in [2.75, 3.05) is 0 Å². The molecule has 280 valence electrons. The molecule has 0 unspecified atom stereocenters. The second-order valence-electron chi connectivity index (χ2n) is 17.6. The van der Waals surface area contributed by atoms with E-state index in [9.17, 15) is 5.11 Å². The zero-order chi connectivity index (χ0) is 39.7. The molecule has 56 heavy (non-hydrogen) atoms. The van der Waals surface area contributed by atoms with Crippen molar-refractivity contribution in [1.82, 2.24) is 9.97 Å². The molecule has 0 aliphatic carbocycles. The predicted octanol–water partition coefficient (Wildman–Crippen LogP) is 14.2. The van der Waals surface area contributed by atoms with E-state index in [0.29, 0.717) is 17.0 Å². The highest BCUT2D eigenvalue weighted by Gasteiger charge is 2.22. The Bertz CT molecular complexity index is 2790. The number of phenolic OH excluding ortho intramolecular Hbond substituents is 1. The average molecular weight is 735 g/mol. The number of nitrogens with zero attached hydrogens (tertiary/aromatic N) is 2. The molecule has 6 aromatic carbocycles. The first-order valence-corrected chi connectivity index (χ1v) is 19.5. The molecule has 0 fully saturated rings. The number of aromatic hydroxyl groups is 1. The molecule has 8 aromatic rings. The minimum atomic E-state index is -0.113. The maximum absolute atomic E-state index is 11.1. The summed E-state index contributed by atoms with van der Waals surface area (Å²) in [5, 5.41) is 12.2. The largest absolute Gasteiger partial charge is 0.507 e. The van der Waals surface area contributed by atoms with Crippen LogP contribution in [0.1, 0.15) is 74.9 Å². The summed E-state index contributed by atoms with van der Waals surface area (Å²) in [4.78, 5) is 10.1. The van der Waals surface area contributed by atoms with Crippen molar-refractivity contribution in [1.29, 1.82) is 0 Å². The summed E-state index contributed by atoms with van der Waals surface area (Å²) in [6.07, 6.45) is 1.91. The lowest BCUT2D eigenvalue weighted by Gasteiger charge is -2.19. The number of hydrogen-bond donors (Lipinski definition) is 1. The van der Waals surface area contributed by atoms with E-state index in [-0.39, 0.29) is 16.6 Å². The zero-order valence-electron chi connectivity index (χ0n) is 34.2. The van der Waals surface area contributed by atoms with E-state index < -0.39 is 0 Å². The molecule has 0 saturated heterocycles. The minimum Gasteiger partial charge on any atom is -0.507 e. The van der Waals surface area contributed by atoms with Gasteiger partial charge in [-0.25, -0.2) is 4.98 Å². The van der Waals surface area contributed by atoms with Gasteiger partial charge in [0.05, 0.1) is 11.1 Å². The molecule has 0 saturated carbocycles. The molecule has 2 heterocycles. The van der Waals surface area contributed by atoms with Gasteiger partial charge in [-0.2, -0.15) is 0 Å². The molecule has 4 heteroatoms. The van der Waals surface area contributed by atoms with Gasteiger partial charge in [0.2, 0.25) is 5.89 Å². The zero-order valence-corrected chi connectivity index (χ0v) is 34.2. The van der Waals surface area contributed by atoms with Gasteiger partial charge >= 0.3 is 0 Å². The van der Waals surface area contributed by atoms with Crippen LogP contribution in [0.15, 0.2) is 120 Å². The molecule has 0 spiro atoms. The Morgan fingerprint density at radius 2 is 1.14 bits per heavy atom. The number of fused-ring (bicyclic) bond motifs is 2. The Morgan fingerprint density at radius 1 is 0.518 bits per heavy atom. The molecule has 4 nitrogen and oxygen atoms in total. The highest BCUT2D eigenvalue weighted by atomic mass is 16.3. The molecule has 2 aromatic heterocycles. The van der Waals surface area contributed by atoms with Crippen LogP contribution in [0.4, 0.5) is 0 Å². The summed E-state index contributed by atoms with van der Waals surface area (Å²) < 4.78 is 6.60. The van der Waals surface area contributed by atoms with Gasteiger partial charge in [-0.05, 0) is 148 Å². The number of pyridine rings is 1. The van der Waals surface area contributed by atoms with Crippen molar-refractivity contribution >= 4 is 22.0 Å². The fourth-order valence-electron chi connectivity index (χ4n) is 8.11. The van der Waals surface area contributed by atoms with Crippen LogP contribution in [0.5, 0.6) is 5.75 Å². The van der Waals surface area contributed by atoms with Gasteiger partial charge in [0, 0.05) is 22.7 Å². The van der Waals surface area contributed by atoms with Crippen LogP contribution in [-0.4, -0.2) is 15.1 Å². The van der Waals surface area contributed by atoms with Gasteiger partial charge in [-0.15, -0.1) is 0 Å². The molecule has 0 bridgehead atoms. The van der Waals surface area contributed by atoms with Gasteiger partial charge in [0.1, 0.15) is 11.3 Å². The average Bonchev–Trinajstić information content (AvgIpc) is 3.58. The first-order chi connectivity index (χ1) is 26.5. The van der Waals surface area contributed by atoms with E-state index in [4.69, 9.17) is 14.4 Å². The van der Waals surface area contributed by atoms with Crippen LogP contribution in [0.25, 0.3) is 78.0 Å². The van der Waals surface area contributed by atoms with Crippen molar-refractivity contribution in [2.45, 2.75) is 80.1 Å². The number of aromatic nitrogens is 2. The molecular weight excluding hydrogens is 685 g/mol. The van der Waals surface area contributed by atoms with Crippen LogP contribution in [0.3, 0.4) is 0 Å². The number of hydrogen-bond acceptors (Lipinski definition) is 4. The quantitative estimate of drug-likeness (QED) is 0.191. The van der Waals surface area contributed by atoms with Crippen molar-refractivity contribution in [3.8, 4) is 61.7 Å². The van der Waals surface area contributed by atoms with Gasteiger partial charge in [0.25, 0.3) is 0 Å². The Hall–Kier alpha value is -6.00. The van der Waals surface area contributed by atoms with E-state index in [1.54, 1.807) is 6.07 Å². The van der Waals surface area contributed by atoms with E-state index in [1.807, 2.05) is 18.3 Å². The SMILES string of the molecule is Cc1cc(C)c(-c2cc(-c3cccc(-c4cc(-c5ccc(C(C)(C)C)cc5)cc5oc(-c6cc(C(C)(C)C)ccc6O)nc45)c3)c3nccc(C)c3c2)c(C)c1. The summed E-state index contributed by atoms with van der Waals surface area (Å²) in [7, 11) is 0.